The number of aryl methyl sites for hydroxylation is 3. The molecule has 3 aromatic rings. The molecule has 0 fully saturated rings. The number of carbonyl (C=O) groups is 2. The summed E-state index contributed by atoms with van der Waals surface area (Å²) in [6.07, 6.45) is 1.64. The van der Waals surface area contributed by atoms with E-state index in [1.165, 1.54) is 0 Å². The number of aromatic nitrogens is 4. The number of amides is 2. The molecule has 0 bridgehead atoms. The van der Waals surface area contributed by atoms with Gasteiger partial charge in [0.05, 0.1) is 17.8 Å². The molecule has 0 aliphatic carbocycles. The molecule has 10 nitrogen and oxygen atoms in total. The number of carbonyl (C=O) groups excluding carboxylic acids is 2. The second kappa shape index (κ2) is 10.5. The van der Waals surface area contributed by atoms with Gasteiger partial charge in [-0.2, -0.15) is 5.10 Å². The van der Waals surface area contributed by atoms with Crippen molar-refractivity contribution in [1.82, 2.24) is 24.2 Å². The van der Waals surface area contributed by atoms with Gasteiger partial charge in [-0.15, -0.1) is 0 Å². The second-order valence-electron chi connectivity index (χ2n) is 8.24. The lowest BCUT2D eigenvalue weighted by Crippen LogP contribution is -2.20. The number of rotatable bonds is 11. The third-order valence-electron chi connectivity index (χ3n) is 5.21. The Bertz CT molecular complexity index is 1150. The van der Waals surface area contributed by atoms with Crippen LogP contribution in [0.15, 0.2) is 18.2 Å². The van der Waals surface area contributed by atoms with Crippen LogP contribution in [0.2, 0.25) is 0 Å². The number of benzene rings is 1. The van der Waals surface area contributed by atoms with E-state index in [2.05, 4.69) is 20.3 Å². The van der Waals surface area contributed by atoms with Crippen LogP contribution < -0.4 is 15.8 Å². The lowest BCUT2D eigenvalue weighted by molar-refractivity contribution is 0.0995. The van der Waals surface area contributed by atoms with Gasteiger partial charge in [-0.1, -0.05) is 6.92 Å². The largest absolute Gasteiger partial charge is 0.491 e. The average molecular weight is 456 g/mol. The lowest BCUT2D eigenvalue weighted by atomic mass is 10.1. The van der Waals surface area contributed by atoms with Gasteiger partial charge in [-0.25, -0.2) is 4.98 Å². The van der Waals surface area contributed by atoms with Crippen molar-refractivity contribution in [3.63, 3.8) is 0 Å². The quantitative estimate of drug-likeness (QED) is 0.429. The van der Waals surface area contributed by atoms with Crippen molar-refractivity contribution >= 4 is 28.8 Å². The number of nitrogens with two attached hydrogens (primary N) is 1. The van der Waals surface area contributed by atoms with E-state index in [0.29, 0.717) is 48.2 Å². The Kier molecular flexibility index (Phi) is 7.70. The Morgan fingerprint density at radius 3 is 2.61 bits per heavy atom. The molecule has 178 valence electrons. The van der Waals surface area contributed by atoms with Gasteiger partial charge < -0.3 is 19.9 Å². The van der Waals surface area contributed by atoms with Crippen LogP contribution in [0.25, 0.3) is 11.0 Å². The first kappa shape index (κ1) is 24.2. The molecule has 0 aliphatic heterocycles. The Hall–Kier alpha value is -3.40. The number of fused-ring (bicyclic) bond motifs is 1. The zero-order chi connectivity index (χ0) is 24.1. The predicted octanol–water partition coefficient (Wildman–Crippen LogP) is 2.65. The van der Waals surface area contributed by atoms with Gasteiger partial charge in [0, 0.05) is 25.2 Å². The molecule has 0 saturated carbocycles. The van der Waals surface area contributed by atoms with Gasteiger partial charge in [-0.3, -0.25) is 19.6 Å². The van der Waals surface area contributed by atoms with Crippen LogP contribution in [0, 0.1) is 6.92 Å². The number of imidazole rings is 1. The van der Waals surface area contributed by atoms with Crippen molar-refractivity contribution < 1.29 is 14.3 Å². The highest BCUT2D eigenvalue weighted by atomic mass is 16.5. The van der Waals surface area contributed by atoms with Gasteiger partial charge in [0.25, 0.3) is 5.91 Å². The summed E-state index contributed by atoms with van der Waals surface area (Å²) in [5.74, 6) is 0.0516. The Balaban J connectivity index is 2.02. The lowest BCUT2D eigenvalue weighted by Gasteiger charge is -2.14. The molecule has 2 amide bonds. The summed E-state index contributed by atoms with van der Waals surface area (Å²) in [6, 6.07) is 5.03. The van der Waals surface area contributed by atoms with Crippen molar-refractivity contribution in [1.29, 1.82) is 0 Å². The van der Waals surface area contributed by atoms with Crippen LogP contribution in [0.1, 0.15) is 53.2 Å². The molecule has 3 N–H and O–H groups in total. The Labute approximate surface area is 193 Å². The minimum Gasteiger partial charge on any atom is -0.491 e. The summed E-state index contributed by atoms with van der Waals surface area (Å²) >= 11 is 0. The number of primary amides is 1. The molecule has 10 heteroatoms. The highest BCUT2D eigenvalue weighted by Gasteiger charge is 2.21. The minimum atomic E-state index is -0.562. The summed E-state index contributed by atoms with van der Waals surface area (Å²) in [7, 11) is 4.01. The fourth-order valence-corrected chi connectivity index (χ4v) is 3.72. The zero-order valence-corrected chi connectivity index (χ0v) is 20.0. The van der Waals surface area contributed by atoms with E-state index in [4.69, 9.17) is 10.5 Å². The average Bonchev–Trinajstić information content (AvgIpc) is 3.31. The van der Waals surface area contributed by atoms with E-state index in [-0.39, 0.29) is 5.91 Å². The van der Waals surface area contributed by atoms with Crippen molar-refractivity contribution in [2.24, 2.45) is 5.73 Å². The van der Waals surface area contributed by atoms with Crippen molar-refractivity contribution in [2.45, 2.75) is 46.7 Å². The van der Waals surface area contributed by atoms with Crippen LogP contribution in [0.3, 0.4) is 0 Å². The maximum absolute atomic E-state index is 13.0. The van der Waals surface area contributed by atoms with Crippen molar-refractivity contribution in [3.05, 3.63) is 35.2 Å². The predicted molar refractivity (Wildman–Crippen MR) is 128 cm³/mol. The smallest absolute Gasteiger partial charge is 0.276 e. The number of hydrogen-bond acceptors (Lipinski definition) is 6. The van der Waals surface area contributed by atoms with Gasteiger partial charge in [0.1, 0.15) is 17.0 Å². The highest BCUT2D eigenvalue weighted by molar-refractivity contribution is 6.04. The van der Waals surface area contributed by atoms with Crippen molar-refractivity contribution in [3.8, 4) is 5.75 Å². The summed E-state index contributed by atoms with van der Waals surface area (Å²) in [4.78, 5) is 31.7. The fraction of sp³-hybridized carbons (Fsp3) is 0.478. The number of anilines is 1. The van der Waals surface area contributed by atoms with Crippen molar-refractivity contribution in [2.75, 3.05) is 32.6 Å². The SMILES string of the molecule is CCCn1c(NC(=O)c2cc(C)nn2CC)nc2cc(C(N)=O)cc(OCCCN(C)C)c21. The summed E-state index contributed by atoms with van der Waals surface area (Å²) in [5, 5.41) is 7.27. The molecule has 2 aromatic heterocycles. The first-order valence-corrected chi connectivity index (χ1v) is 11.2. The summed E-state index contributed by atoms with van der Waals surface area (Å²) < 4.78 is 9.64. The topological polar surface area (TPSA) is 120 Å². The van der Waals surface area contributed by atoms with Crippen LogP contribution in [-0.4, -0.2) is 63.3 Å². The monoisotopic (exact) mass is 455 g/mol. The molecular formula is C23H33N7O3. The van der Waals surface area contributed by atoms with E-state index >= 15 is 0 Å². The van der Waals surface area contributed by atoms with Crippen LogP contribution in [0.4, 0.5) is 5.95 Å². The van der Waals surface area contributed by atoms with E-state index < -0.39 is 5.91 Å². The van der Waals surface area contributed by atoms with Crippen LogP contribution >= 0.6 is 0 Å². The molecule has 0 unspecified atom stereocenters. The van der Waals surface area contributed by atoms with Gasteiger partial charge in [0.15, 0.2) is 0 Å². The van der Waals surface area contributed by atoms with E-state index in [0.717, 1.165) is 30.6 Å². The zero-order valence-electron chi connectivity index (χ0n) is 20.0. The summed E-state index contributed by atoms with van der Waals surface area (Å²) in [6.45, 7) is 8.36. The first-order chi connectivity index (χ1) is 15.7. The number of hydrogen-bond donors (Lipinski definition) is 2. The molecule has 0 saturated heterocycles. The van der Waals surface area contributed by atoms with Crippen LogP contribution in [0.5, 0.6) is 5.75 Å². The maximum atomic E-state index is 13.0. The van der Waals surface area contributed by atoms with E-state index in [1.807, 2.05) is 39.4 Å². The molecular weight excluding hydrogens is 422 g/mol. The third-order valence-corrected chi connectivity index (χ3v) is 5.21. The molecule has 0 radical (unpaired) electrons. The summed E-state index contributed by atoms with van der Waals surface area (Å²) in [5.41, 5.74) is 8.35. The van der Waals surface area contributed by atoms with Gasteiger partial charge in [-0.05, 0) is 59.0 Å². The van der Waals surface area contributed by atoms with Gasteiger partial charge >= 0.3 is 0 Å². The molecule has 2 heterocycles. The Morgan fingerprint density at radius 2 is 1.97 bits per heavy atom. The number of nitrogens with zero attached hydrogens (tertiary/aromatic N) is 5. The second-order valence-corrected chi connectivity index (χ2v) is 8.24. The molecule has 0 aliphatic rings. The molecule has 33 heavy (non-hydrogen) atoms. The fourth-order valence-electron chi connectivity index (χ4n) is 3.72. The molecule has 0 spiro atoms. The molecule has 0 atom stereocenters. The minimum absolute atomic E-state index is 0.298. The van der Waals surface area contributed by atoms with E-state index in [9.17, 15) is 9.59 Å². The highest BCUT2D eigenvalue weighted by Crippen LogP contribution is 2.31. The van der Waals surface area contributed by atoms with E-state index in [1.54, 1.807) is 22.9 Å². The first-order valence-electron chi connectivity index (χ1n) is 11.2. The Morgan fingerprint density at radius 1 is 1.21 bits per heavy atom. The van der Waals surface area contributed by atoms with Crippen LogP contribution in [-0.2, 0) is 13.1 Å². The third kappa shape index (κ3) is 5.51. The number of nitrogens with one attached hydrogen (secondary N) is 1. The normalized spacial score (nSPS) is 11.3. The molecule has 3 rings (SSSR count). The molecule has 1 aromatic carbocycles. The number of ether oxygens (including phenoxy) is 1. The standard InChI is InChI=1S/C23H33N7O3/c1-6-9-29-20-17(13-16(21(24)31)14-19(20)33-11-8-10-28(4)5)25-23(29)26-22(32)18-12-15(3)27-30(18)7-2/h12-14H,6-11H2,1-5H3,(H2,24,31)(H,25,26,32). The van der Waals surface area contributed by atoms with Gasteiger partial charge in [0.2, 0.25) is 11.9 Å². The maximum Gasteiger partial charge on any atom is 0.276 e.